The van der Waals surface area contributed by atoms with Crippen molar-refractivity contribution in [3.05, 3.63) is 30.5 Å². The van der Waals surface area contributed by atoms with E-state index in [4.69, 9.17) is 5.11 Å². The van der Waals surface area contributed by atoms with Crippen LogP contribution in [0, 0.1) is 0 Å². The maximum atomic E-state index is 10.4. The Bertz CT molecular complexity index is 511. The van der Waals surface area contributed by atoms with Gasteiger partial charge in [-0.05, 0) is 6.07 Å². The number of benzene rings is 1. The van der Waals surface area contributed by atoms with Crippen LogP contribution in [0.4, 0.5) is 0 Å². The van der Waals surface area contributed by atoms with E-state index in [1.165, 1.54) is 11.8 Å². The molecule has 2 rings (SSSR count). The molecule has 1 N–H and O–H groups in total. The lowest BCUT2D eigenvalue weighted by Gasteiger charge is -2.03. The zero-order valence-corrected chi connectivity index (χ0v) is 9.28. The Morgan fingerprint density at radius 3 is 3.00 bits per heavy atom. The fourth-order valence-electron chi connectivity index (χ4n) is 1.35. The molecule has 0 saturated heterocycles. The lowest BCUT2D eigenvalue weighted by molar-refractivity contribution is -0.136. The lowest BCUT2D eigenvalue weighted by Crippen LogP contribution is -1.96. The summed E-state index contributed by atoms with van der Waals surface area (Å²) in [6, 6.07) is 7.70. The minimum absolute atomic E-state index is 0.154. The van der Waals surface area contributed by atoms with Crippen LogP contribution in [0.3, 0.4) is 0 Å². The topological polar surface area (TPSA) is 63.1 Å². The fourth-order valence-corrected chi connectivity index (χ4v) is 2.29. The molecule has 0 radical (unpaired) electrons. The summed E-state index contributed by atoms with van der Waals surface area (Å²) in [7, 11) is 0. The average Bonchev–Trinajstić information content (AvgIpc) is 2.29. The number of nitrogens with zero attached hydrogens (tertiary/aromatic N) is 2. The molecule has 0 unspecified atom stereocenters. The highest BCUT2D eigenvalue weighted by Crippen LogP contribution is 2.25. The number of thioether (sulfide) groups is 1. The molecule has 5 heteroatoms. The smallest absolute Gasteiger partial charge is 0.304 e. The molecule has 0 atom stereocenters. The van der Waals surface area contributed by atoms with Crippen LogP contribution in [0.1, 0.15) is 6.42 Å². The fraction of sp³-hybridized carbons (Fsp3) is 0.182. The van der Waals surface area contributed by atoms with Gasteiger partial charge in [0.1, 0.15) is 0 Å². The van der Waals surface area contributed by atoms with E-state index in [1.54, 1.807) is 6.20 Å². The van der Waals surface area contributed by atoms with E-state index < -0.39 is 5.97 Å². The van der Waals surface area contributed by atoms with Gasteiger partial charge in [-0.25, -0.2) is 0 Å². The van der Waals surface area contributed by atoms with Crippen molar-refractivity contribution in [2.24, 2.45) is 0 Å². The van der Waals surface area contributed by atoms with Crippen LogP contribution in [0.25, 0.3) is 10.9 Å². The van der Waals surface area contributed by atoms with Crippen molar-refractivity contribution in [2.75, 3.05) is 5.75 Å². The van der Waals surface area contributed by atoms with Crippen LogP contribution in [-0.4, -0.2) is 27.0 Å². The number of carboxylic acids is 1. The monoisotopic (exact) mass is 234 g/mol. The van der Waals surface area contributed by atoms with Crippen molar-refractivity contribution in [3.8, 4) is 0 Å². The third kappa shape index (κ3) is 2.49. The summed E-state index contributed by atoms with van der Waals surface area (Å²) in [5.74, 6) is -0.232. The number of carbonyl (C=O) groups is 1. The molecule has 0 spiro atoms. The molecule has 0 bridgehead atoms. The molecule has 4 nitrogen and oxygen atoms in total. The van der Waals surface area contributed by atoms with Gasteiger partial charge in [0.25, 0.3) is 0 Å². The predicted molar refractivity (Wildman–Crippen MR) is 62.5 cm³/mol. The molecule has 0 amide bonds. The molecule has 0 aliphatic rings. The van der Waals surface area contributed by atoms with Gasteiger partial charge >= 0.3 is 5.97 Å². The van der Waals surface area contributed by atoms with Crippen LogP contribution in [0.5, 0.6) is 0 Å². The van der Waals surface area contributed by atoms with Crippen molar-refractivity contribution in [2.45, 2.75) is 11.3 Å². The standard InChI is InChI=1S/C11H10N2O2S/c14-11(15)5-6-16-10-7-12-13-9-4-2-1-3-8(9)10/h1-4,7H,5-6H2,(H,14,15). The zero-order chi connectivity index (χ0) is 11.4. The predicted octanol–water partition coefficient (Wildman–Crippen LogP) is 2.20. The van der Waals surface area contributed by atoms with Gasteiger partial charge in [0, 0.05) is 16.0 Å². The van der Waals surface area contributed by atoms with E-state index in [0.717, 1.165) is 15.8 Å². The summed E-state index contributed by atoms with van der Waals surface area (Å²) in [4.78, 5) is 11.4. The summed E-state index contributed by atoms with van der Waals surface area (Å²) < 4.78 is 0. The SMILES string of the molecule is O=C(O)CCSc1cnnc2ccccc12. The average molecular weight is 234 g/mol. The molecular weight excluding hydrogens is 224 g/mol. The first-order valence-electron chi connectivity index (χ1n) is 4.82. The van der Waals surface area contributed by atoms with E-state index in [-0.39, 0.29) is 6.42 Å². The second-order valence-electron chi connectivity index (χ2n) is 3.22. The highest BCUT2D eigenvalue weighted by Gasteiger charge is 2.04. The summed E-state index contributed by atoms with van der Waals surface area (Å²) in [5.41, 5.74) is 0.836. The van der Waals surface area contributed by atoms with E-state index in [9.17, 15) is 4.79 Å². The first-order valence-corrected chi connectivity index (χ1v) is 5.81. The van der Waals surface area contributed by atoms with Gasteiger partial charge in [0.15, 0.2) is 0 Å². The zero-order valence-electron chi connectivity index (χ0n) is 8.46. The van der Waals surface area contributed by atoms with E-state index in [1.807, 2.05) is 24.3 Å². The van der Waals surface area contributed by atoms with E-state index in [2.05, 4.69) is 10.2 Å². The van der Waals surface area contributed by atoms with Gasteiger partial charge in [-0.2, -0.15) is 10.2 Å². The van der Waals surface area contributed by atoms with Gasteiger partial charge in [0.05, 0.1) is 18.1 Å². The maximum absolute atomic E-state index is 10.4. The number of aromatic nitrogens is 2. The molecule has 0 saturated carbocycles. The van der Waals surface area contributed by atoms with Crippen molar-refractivity contribution < 1.29 is 9.90 Å². The first kappa shape index (κ1) is 10.9. The highest BCUT2D eigenvalue weighted by atomic mass is 32.2. The normalized spacial score (nSPS) is 10.5. The number of rotatable bonds is 4. The second-order valence-corrected chi connectivity index (χ2v) is 4.35. The van der Waals surface area contributed by atoms with Gasteiger partial charge in [-0.1, -0.05) is 18.2 Å². The molecular formula is C11H10N2O2S. The van der Waals surface area contributed by atoms with Crippen molar-refractivity contribution in [3.63, 3.8) is 0 Å². The summed E-state index contributed by atoms with van der Waals surface area (Å²) in [6.07, 6.45) is 1.83. The van der Waals surface area contributed by atoms with Crippen LogP contribution in [0.2, 0.25) is 0 Å². The van der Waals surface area contributed by atoms with Crippen molar-refractivity contribution in [1.29, 1.82) is 0 Å². The van der Waals surface area contributed by atoms with Crippen LogP contribution in [0.15, 0.2) is 35.4 Å². The summed E-state index contributed by atoms with van der Waals surface area (Å²) in [5, 5.41) is 17.5. The highest BCUT2D eigenvalue weighted by molar-refractivity contribution is 7.99. The number of hydrogen-bond acceptors (Lipinski definition) is 4. The van der Waals surface area contributed by atoms with Gasteiger partial charge in [-0.15, -0.1) is 11.8 Å². The van der Waals surface area contributed by atoms with Gasteiger partial charge in [-0.3, -0.25) is 4.79 Å². The van der Waals surface area contributed by atoms with Crippen LogP contribution in [-0.2, 0) is 4.79 Å². The number of fused-ring (bicyclic) bond motifs is 1. The Balaban J connectivity index is 2.20. The Morgan fingerprint density at radius 2 is 2.19 bits per heavy atom. The van der Waals surface area contributed by atoms with Crippen molar-refractivity contribution in [1.82, 2.24) is 10.2 Å². The molecule has 1 aromatic carbocycles. The molecule has 0 aliphatic carbocycles. The minimum Gasteiger partial charge on any atom is -0.481 e. The third-order valence-electron chi connectivity index (χ3n) is 2.08. The Morgan fingerprint density at radius 1 is 1.38 bits per heavy atom. The van der Waals surface area contributed by atoms with Crippen LogP contribution >= 0.6 is 11.8 Å². The van der Waals surface area contributed by atoms with Gasteiger partial charge in [0.2, 0.25) is 0 Å². The minimum atomic E-state index is -0.779. The van der Waals surface area contributed by atoms with Crippen LogP contribution < -0.4 is 0 Å². The largest absolute Gasteiger partial charge is 0.481 e. The Hall–Kier alpha value is -1.62. The maximum Gasteiger partial charge on any atom is 0.304 e. The number of aliphatic carboxylic acids is 1. The Kier molecular flexibility index (Phi) is 3.36. The molecule has 2 aromatic rings. The molecule has 0 fully saturated rings. The van der Waals surface area contributed by atoms with E-state index >= 15 is 0 Å². The lowest BCUT2D eigenvalue weighted by atomic mass is 10.2. The summed E-state index contributed by atoms with van der Waals surface area (Å²) in [6.45, 7) is 0. The molecule has 82 valence electrons. The molecule has 1 heterocycles. The summed E-state index contributed by atoms with van der Waals surface area (Å²) >= 11 is 1.49. The molecule has 0 aliphatic heterocycles. The molecule has 16 heavy (non-hydrogen) atoms. The first-order chi connectivity index (χ1) is 7.77. The molecule has 1 aromatic heterocycles. The number of hydrogen-bond donors (Lipinski definition) is 1. The van der Waals surface area contributed by atoms with E-state index in [0.29, 0.717) is 5.75 Å². The Labute approximate surface area is 96.7 Å². The number of carboxylic acid groups (broad SMARTS) is 1. The quantitative estimate of drug-likeness (QED) is 0.821. The second kappa shape index (κ2) is 4.94. The van der Waals surface area contributed by atoms with Crippen molar-refractivity contribution >= 4 is 28.6 Å². The third-order valence-corrected chi connectivity index (χ3v) is 3.13. The van der Waals surface area contributed by atoms with Gasteiger partial charge < -0.3 is 5.11 Å².